The standard InChI is InChI=1S/C32H37N5O3/c33-31(39)29-6-5-25(19-30(29)38)22-37-14-10-28-27(7-11-34-32(28)37)26-8-12-35(13-9-26)20-23-1-3-24(4-2-23)21-36-15-17-40-18-16-36/h1-7,10-11,14,19,26,38H,8-9,12-13,15-18,20-22H2,(H2,33,39). The Hall–Kier alpha value is -3.72. The number of carbonyl (C=O) groups excluding carboxylic acids is 1. The average molecular weight is 540 g/mol. The highest BCUT2D eigenvalue weighted by Gasteiger charge is 2.23. The number of nitrogens with zero attached hydrogens (tertiary/aromatic N) is 4. The Labute approximate surface area is 235 Å². The molecular weight excluding hydrogens is 502 g/mol. The molecule has 40 heavy (non-hydrogen) atoms. The van der Waals surface area contributed by atoms with Crippen molar-refractivity contribution in [2.45, 2.75) is 38.4 Å². The number of pyridine rings is 1. The van der Waals surface area contributed by atoms with Crippen LogP contribution in [0.1, 0.15) is 51.4 Å². The lowest BCUT2D eigenvalue weighted by atomic mass is 9.88. The Balaban J connectivity index is 1.07. The summed E-state index contributed by atoms with van der Waals surface area (Å²) in [5.41, 5.74) is 11.4. The molecule has 0 spiro atoms. The molecule has 2 aromatic heterocycles. The molecule has 2 aliphatic rings. The van der Waals surface area contributed by atoms with Gasteiger partial charge in [0.2, 0.25) is 0 Å². The SMILES string of the molecule is NC(=O)c1ccc(Cn2ccc3c(C4CCN(Cc5ccc(CN6CCOCC6)cc5)CC4)ccnc32)cc1O. The van der Waals surface area contributed by atoms with Crippen LogP contribution in [-0.2, 0) is 24.4 Å². The first-order valence-electron chi connectivity index (χ1n) is 14.2. The van der Waals surface area contributed by atoms with Gasteiger partial charge >= 0.3 is 0 Å². The number of rotatable bonds is 8. The van der Waals surface area contributed by atoms with Gasteiger partial charge in [0.1, 0.15) is 11.4 Å². The van der Waals surface area contributed by atoms with Crippen LogP contribution in [0.3, 0.4) is 0 Å². The molecule has 2 saturated heterocycles. The minimum atomic E-state index is -0.634. The monoisotopic (exact) mass is 539 g/mol. The lowest BCUT2D eigenvalue weighted by Crippen LogP contribution is -2.35. The largest absolute Gasteiger partial charge is 0.507 e. The van der Waals surface area contributed by atoms with Crippen molar-refractivity contribution in [2.75, 3.05) is 39.4 Å². The Bertz CT molecular complexity index is 1470. The molecule has 0 atom stereocenters. The van der Waals surface area contributed by atoms with E-state index in [0.717, 1.165) is 76.5 Å². The van der Waals surface area contributed by atoms with Crippen molar-refractivity contribution in [3.63, 3.8) is 0 Å². The number of carbonyl (C=O) groups is 1. The molecule has 3 N–H and O–H groups in total. The van der Waals surface area contributed by atoms with E-state index < -0.39 is 5.91 Å². The lowest BCUT2D eigenvalue weighted by molar-refractivity contribution is 0.0342. The molecule has 8 heteroatoms. The topological polar surface area (TPSA) is 96.9 Å². The maximum absolute atomic E-state index is 11.4. The molecule has 4 aromatic rings. The minimum Gasteiger partial charge on any atom is -0.507 e. The maximum atomic E-state index is 11.4. The number of amides is 1. The molecule has 0 unspecified atom stereocenters. The molecule has 6 rings (SSSR count). The van der Waals surface area contributed by atoms with Crippen molar-refractivity contribution in [2.24, 2.45) is 5.73 Å². The molecule has 208 valence electrons. The number of nitrogens with two attached hydrogens (primary N) is 1. The number of primary amides is 1. The van der Waals surface area contributed by atoms with Crippen molar-refractivity contribution in [1.29, 1.82) is 0 Å². The highest BCUT2D eigenvalue weighted by Crippen LogP contribution is 2.33. The van der Waals surface area contributed by atoms with E-state index in [2.05, 4.69) is 61.9 Å². The summed E-state index contributed by atoms with van der Waals surface area (Å²) >= 11 is 0. The quantitative estimate of drug-likeness (QED) is 0.350. The minimum absolute atomic E-state index is 0.0919. The zero-order valence-electron chi connectivity index (χ0n) is 22.8. The Morgan fingerprint density at radius 2 is 1.52 bits per heavy atom. The van der Waals surface area contributed by atoms with Crippen molar-refractivity contribution in [1.82, 2.24) is 19.4 Å². The molecule has 0 bridgehead atoms. The van der Waals surface area contributed by atoms with E-state index in [1.807, 2.05) is 12.3 Å². The first kappa shape index (κ1) is 26.5. The highest BCUT2D eigenvalue weighted by molar-refractivity contribution is 5.95. The van der Waals surface area contributed by atoms with Crippen molar-refractivity contribution in [3.8, 4) is 5.75 Å². The highest BCUT2D eigenvalue weighted by atomic mass is 16.5. The number of morpholine rings is 1. The van der Waals surface area contributed by atoms with E-state index in [1.165, 1.54) is 22.1 Å². The number of ether oxygens (including phenoxy) is 1. The third-order valence-corrected chi connectivity index (χ3v) is 8.34. The summed E-state index contributed by atoms with van der Waals surface area (Å²) in [4.78, 5) is 21.1. The van der Waals surface area contributed by atoms with Crippen molar-refractivity contribution < 1.29 is 14.6 Å². The van der Waals surface area contributed by atoms with Crippen LogP contribution in [-0.4, -0.2) is 69.8 Å². The number of piperidine rings is 1. The second kappa shape index (κ2) is 11.8. The van der Waals surface area contributed by atoms with E-state index in [1.54, 1.807) is 12.1 Å². The summed E-state index contributed by atoms with van der Waals surface area (Å²) in [6.45, 7) is 8.41. The first-order valence-corrected chi connectivity index (χ1v) is 14.2. The molecule has 2 aromatic carbocycles. The van der Waals surface area contributed by atoms with Crippen LogP contribution in [0.15, 0.2) is 67.0 Å². The van der Waals surface area contributed by atoms with E-state index in [0.29, 0.717) is 12.5 Å². The molecule has 1 amide bonds. The van der Waals surface area contributed by atoms with Gasteiger partial charge in [0.25, 0.3) is 5.91 Å². The van der Waals surface area contributed by atoms with Gasteiger partial charge in [-0.15, -0.1) is 0 Å². The molecular formula is C32H37N5O3. The van der Waals surface area contributed by atoms with Gasteiger partial charge in [0, 0.05) is 50.5 Å². The molecule has 2 aliphatic heterocycles. The Kier molecular flexibility index (Phi) is 7.82. The predicted molar refractivity (Wildman–Crippen MR) is 155 cm³/mol. The van der Waals surface area contributed by atoms with Gasteiger partial charge in [-0.05, 0) is 78.4 Å². The van der Waals surface area contributed by atoms with Gasteiger partial charge in [0.15, 0.2) is 0 Å². The summed E-state index contributed by atoms with van der Waals surface area (Å²) in [6, 6.07) is 18.5. The van der Waals surface area contributed by atoms with Crippen LogP contribution >= 0.6 is 0 Å². The molecule has 2 fully saturated rings. The van der Waals surface area contributed by atoms with Crippen molar-refractivity contribution >= 4 is 16.9 Å². The number of hydrogen-bond donors (Lipinski definition) is 2. The van der Waals surface area contributed by atoms with E-state index in [-0.39, 0.29) is 11.3 Å². The summed E-state index contributed by atoms with van der Waals surface area (Å²) in [5, 5.41) is 11.4. The average Bonchev–Trinajstić information content (AvgIpc) is 3.38. The predicted octanol–water partition coefficient (Wildman–Crippen LogP) is 4.10. The van der Waals surface area contributed by atoms with Gasteiger partial charge in [-0.2, -0.15) is 0 Å². The van der Waals surface area contributed by atoms with Crippen molar-refractivity contribution in [3.05, 3.63) is 94.8 Å². The van der Waals surface area contributed by atoms with Crippen LogP contribution in [0.25, 0.3) is 11.0 Å². The smallest absolute Gasteiger partial charge is 0.252 e. The normalized spacial score (nSPS) is 17.4. The summed E-state index contributed by atoms with van der Waals surface area (Å²) in [5.74, 6) is -0.219. The second-order valence-electron chi connectivity index (χ2n) is 11.1. The number of benzene rings is 2. The Morgan fingerprint density at radius 1 is 0.875 bits per heavy atom. The number of fused-ring (bicyclic) bond motifs is 1. The van der Waals surface area contributed by atoms with Crippen LogP contribution in [0, 0.1) is 0 Å². The third-order valence-electron chi connectivity index (χ3n) is 8.34. The second-order valence-corrected chi connectivity index (χ2v) is 11.1. The fraction of sp³-hybridized carbons (Fsp3) is 0.375. The third kappa shape index (κ3) is 5.89. The summed E-state index contributed by atoms with van der Waals surface area (Å²) < 4.78 is 7.56. The van der Waals surface area contributed by atoms with Gasteiger partial charge in [-0.1, -0.05) is 30.3 Å². The van der Waals surface area contributed by atoms with E-state index in [4.69, 9.17) is 10.5 Å². The van der Waals surface area contributed by atoms with Gasteiger partial charge < -0.3 is 20.1 Å². The first-order chi connectivity index (χ1) is 19.5. The summed E-state index contributed by atoms with van der Waals surface area (Å²) in [7, 11) is 0. The number of aromatic hydroxyl groups is 1. The van der Waals surface area contributed by atoms with Gasteiger partial charge in [-0.3, -0.25) is 14.6 Å². The fourth-order valence-corrected chi connectivity index (χ4v) is 6.10. The number of phenols is 1. The van der Waals surface area contributed by atoms with Crippen LogP contribution in [0.5, 0.6) is 5.75 Å². The van der Waals surface area contributed by atoms with Gasteiger partial charge in [0.05, 0.1) is 18.8 Å². The van der Waals surface area contributed by atoms with Crippen LogP contribution < -0.4 is 5.73 Å². The maximum Gasteiger partial charge on any atom is 0.252 e. The molecule has 0 saturated carbocycles. The zero-order chi connectivity index (χ0) is 27.5. The number of likely N-dealkylation sites (tertiary alicyclic amines) is 1. The van der Waals surface area contributed by atoms with Gasteiger partial charge in [-0.25, -0.2) is 4.98 Å². The number of hydrogen-bond acceptors (Lipinski definition) is 6. The lowest BCUT2D eigenvalue weighted by Gasteiger charge is -2.32. The molecule has 0 radical (unpaired) electrons. The molecule has 0 aliphatic carbocycles. The van der Waals surface area contributed by atoms with E-state index >= 15 is 0 Å². The molecule has 8 nitrogen and oxygen atoms in total. The fourth-order valence-electron chi connectivity index (χ4n) is 6.10. The van der Waals surface area contributed by atoms with E-state index in [9.17, 15) is 9.90 Å². The van der Waals surface area contributed by atoms with Crippen LogP contribution in [0.4, 0.5) is 0 Å². The number of aromatic nitrogens is 2. The summed E-state index contributed by atoms with van der Waals surface area (Å²) in [6.07, 6.45) is 6.22. The Morgan fingerprint density at radius 3 is 2.17 bits per heavy atom. The molecule has 4 heterocycles. The van der Waals surface area contributed by atoms with Crippen LogP contribution in [0.2, 0.25) is 0 Å². The zero-order valence-corrected chi connectivity index (χ0v) is 22.8.